The van der Waals surface area contributed by atoms with Gasteiger partial charge in [-0.3, -0.25) is 4.84 Å². The van der Waals surface area contributed by atoms with E-state index in [1.54, 1.807) is 12.1 Å². The van der Waals surface area contributed by atoms with Crippen molar-refractivity contribution < 1.29 is 22.8 Å². The van der Waals surface area contributed by atoms with Crippen LogP contribution in [0.2, 0.25) is 0 Å². The minimum absolute atomic E-state index is 0.0651. The molecule has 0 spiro atoms. The highest BCUT2D eigenvalue weighted by Gasteiger charge is 2.22. The van der Waals surface area contributed by atoms with E-state index in [1.807, 2.05) is 24.3 Å². The number of carbonyl (C=O) groups excluding carboxylic acids is 1. The summed E-state index contributed by atoms with van der Waals surface area (Å²) in [4.78, 5) is 17.1. The Bertz CT molecular complexity index is 1110. The molecule has 0 amide bonds. The van der Waals surface area contributed by atoms with E-state index in [-0.39, 0.29) is 10.5 Å². The number of esters is 1. The SMILES string of the molecule is CON(C)S(=O)(=O)c1cccc(C(=O)Oc2ccc3cc(Br)ccc3c2)c1. The second kappa shape index (κ2) is 7.77. The Morgan fingerprint density at radius 1 is 1.00 bits per heavy atom. The van der Waals surface area contributed by atoms with Crippen LogP contribution in [-0.2, 0) is 14.9 Å². The third kappa shape index (κ3) is 4.19. The van der Waals surface area contributed by atoms with Crippen molar-refractivity contribution in [1.29, 1.82) is 0 Å². The average Bonchev–Trinajstić information content (AvgIpc) is 2.67. The summed E-state index contributed by atoms with van der Waals surface area (Å²) in [7, 11) is -1.34. The molecule has 0 aliphatic rings. The molecule has 6 nitrogen and oxygen atoms in total. The summed E-state index contributed by atoms with van der Waals surface area (Å²) < 4.78 is 31.7. The van der Waals surface area contributed by atoms with Crippen LogP contribution in [0.25, 0.3) is 10.8 Å². The molecule has 0 atom stereocenters. The zero-order valence-corrected chi connectivity index (χ0v) is 17.0. The van der Waals surface area contributed by atoms with E-state index in [9.17, 15) is 13.2 Å². The second-order valence-electron chi connectivity index (χ2n) is 5.67. The van der Waals surface area contributed by atoms with Gasteiger partial charge in [0.2, 0.25) is 0 Å². The predicted octanol–water partition coefficient (Wildman–Crippen LogP) is 4.00. The number of carbonyl (C=O) groups is 1. The second-order valence-corrected chi connectivity index (χ2v) is 8.52. The molecule has 0 aliphatic heterocycles. The first kappa shape index (κ1) is 19.5. The molecule has 0 fully saturated rings. The smallest absolute Gasteiger partial charge is 0.343 e. The number of nitrogens with zero attached hydrogens (tertiary/aromatic N) is 1. The van der Waals surface area contributed by atoms with Gasteiger partial charge in [-0.2, -0.15) is 0 Å². The highest BCUT2D eigenvalue weighted by Crippen LogP contribution is 2.25. The first-order valence-electron chi connectivity index (χ1n) is 7.86. The fourth-order valence-electron chi connectivity index (χ4n) is 2.45. The Labute approximate surface area is 165 Å². The molecule has 8 heteroatoms. The first-order chi connectivity index (χ1) is 12.8. The van der Waals surface area contributed by atoms with Gasteiger partial charge in [0.05, 0.1) is 17.6 Å². The normalized spacial score (nSPS) is 11.7. The molecule has 0 aliphatic carbocycles. The molecule has 0 bridgehead atoms. The molecule has 0 unspecified atom stereocenters. The topological polar surface area (TPSA) is 72.9 Å². The molecule has 0 N–H and O–H groups in total. The summed E-state index contributed by atoms with van der Waals surface area (Å²) in [6.07, 6.45) is 0. The van der Waals surface area contributed by atoms with Crippen molar-refractivity contribution >= 4 is 42.7 Å². The van der Waals surface area contributed by atoms with Crippen molar-refractivity contribution in [2.24, 2.45) is 0 Å². The lowest BCUT2D eigenvalue weighted by molar-refractivity contribution is -0.0258. The van der Waals surface area contributed by atoms with E-state index in [4.69, 9.17) is 9.57 Å². The molecule has 140 valence electrons. The molecule has 0 saturated heterocycles. The zero-order valence-electron chi connectivity index (χ0n) is 14.5. The number of hydroxylamine groups is 1. The summed E-state index contributed by atoms with van der Waals surface area (Å²) in [5.41, 5.74) is 0.122. The summed E-state index contributed by atoms with van der Waals surface area (Å²) in [5, 5.41) is 1.92. The lowest BCUT2D eigenvalue weighted by Crippen LogP contribution is -2.26. The summed E-state index contributed by atoms with van der Waals surface area (Å²) in [5.74, 6) is -0.277. The molecular weight excluding hydrogens is 434 g/mol. The van der Waals surface area contributed by atoms with Crippen LogP contribution in [0.4, 0.5) is 0 Å². The van der Waals surface area contributed by atoms with Crippen molar-refractivity contribution in [2.45, 2.75) is 4.90 Å². The van der Waals surface area contributed by atoms with Gasteiger partial charge in [-0.05, 0) is 53.2 Å². The molecular formula is C19H16BrNO5S. The van der Waals surface area contributed by atoms with Crippen LogP contribution in [0.1, 0.15) is 10.4 Å². The Balaban J connectivity index is 1.86. The summed E-state index contributed by atoms with van der Waals surface area (Å²) in [6, 6.07) is 16.7. The van der Waals surface area contributed by atoms with Gasteiger partial charge < -0.3 is 4.74 Å². The third-order valence-corrected chi connectivity index (χ3v) is 6.12. The third-order valence-electron chi connectivity index (χ3n) is 3.95. The number of fused-ring (bicyclic) bond motifs is 1. The predicted molar refractivity (Wildman–Crippen MR) is 105 cm³/mol. The molecule has 0 heterocycles. The van der Waals surface area contributed by atoms with Gasteiger partial charge in [0.25, 0.3) is 10.0 Å². The number of hydrogen-bond acceptors (Lipinski definition) is 5. The molecule has 0 saturated carbocycles. The number of rotatable bonds is 5. The maximum absolute atomic E-state index is 12.5. The molecule has 0 aromatic heterocycles. The van der Waals surface area contributed by atoms with E-state index < -0.39 is 16.0 Å². The van der Waals surface area contributed by atoms with Gasteiger partial charge in [0.1, 0.15) is 5.75 Å². The van der Waals surface area contributed by atoms with Gasteiger partial charge in [-0.1, -0.05) is 38.6 Å². The lowest BCUT2D eigenvalue weighted by Gasteiger charge is -2.14. The van der Waals surface area contributed by atoms with Crippen LogP contribution in [0, 0.1) is 0 Å². The monoisotopic (exact) mass is 449 g/mol. The van der Waals surface area contributed by atoms with Gasteiger partial charge in [-0.15, -0.1) is 0 Å². The van der Waals surface area contributed by atoms with E-state index in [2.05, 4.69) is 15.9 Å². The summed E-state index contributed by atoms with van der Waals surface area (Å²) in [6.45, 7) is 0. The van der Waals surface area contributed by atoms with E-state index in [0.717, 1.165) is 19.7 Å². The van der Waals surface area contributed by atoms with Gasteiger partial charge in [-0.25, -0.2) is 13.2 Å². The zero-order chi connectivity index (χ0) is 19.6. The fourth-order valence-corrected chi connectivity index (χ4v) is 3.85. The van der Waals surface area contributed by atoms with Gasteiger partial charge >= 0.3 is 5.97 Å². The largest absolute Gasteiger partial charge is 0.423 e. The summed E-state index contributed by atoms with van der Waals surface area (Å²) >= 11 is 3.41. The Kier molecular flexibility index (Phi) is 5.61. The van der Waals surface area contributed by atoms with Crippen LogP contribution < -0.4 is 4.74 Å². The maximum Gasteiger partial charge on any atom is 0.343 e. The van der Waals surface area contributed by atoms with Crippen molar-refractivity contribution in [1.82, 2.24) is 4.47 Å². The lowest BCUT2D eigenvalue weighted by atomic mass is 10.1. The number of benzene rings is 3. The quantitative estimate of drug-likeness (QED) is 0.334. The van der Waals surface area contributed by atoms with Crippen molar-refractivity contribution in [3.8, 4) is 5.75 Å². The minimum Gasteiger partial charge on any atom is -0.423 e. The van der Waals surface area contributed by atoms with Crippen LogP contribution in [-0.4, -0.2) is 33.0 Å². The van der Waals surface area contributed by atoms with Gasteiger partial charge in [0, 0.05) is 11.5 Å². The molecule has 3 rings (SSSR count). The average molecular weight is 450 g/mol. The number of ether oxygens (including phenoxy) is 1. The standard InChI is InChI=1S/C19H16BrNO5S/c1-21(25-2)27(23,24)18-5-3-4-15(12-18)19(22)26-17-9-7-13-10-16(20)8-6-14(13)11-17/h3-12H,1-2H3. The molecule has 3 aromatic rings. The number of sulfonamides is 1. The molecule has 27 heavy (non-hydrogen) atoms. The molecule has 0 radical (unpaired) electrons. The fraction of sp³-hybridized carbons (Fsp3) is 0.105. The highest BCUT2D eigenvalue weighted by atomic mass is 79.9. The van der Waals surface area contributed by atoms with Crippen LogP contribution in [0.15, 0.2) is 70.0 Å². The Morgan fingerprint density at radius 2 is 1.70 bits per heavy atom. The van der Waals surface area contributed by atoms with E-state index >= 15 is 0 Å². The van der Waals surface area contributed by atoms with Crippen molar-refractivity contribution in [2.75, 3.05) is 14.2 Å². The van der Waals surface area contributed by atoms with Crippen LogP contribution in [0.3, 0.4) is 0 Å². The highest BCUT2D eigenvalue weighted by molar-refractivity contribution is 9.10. The minimum atomic E-state index is -3.85. The number of hydrogen-bond donors (Lipinski definition) is 0. The maximum atomic E-state index is 12.5. The Hall–Kier alpha value is -2.26. The first-order valence-corrected chi connectivity index (χ1v) is 10.1. The van der Waals surface area contributed by atoms with Crippen molar-refractivity contribution in [3.05, 3.63) is 70.7 Å². The van der Waals surface area contributed by atoms with Crippen LogP contribution in [0.5, 0.6) is 5.75 Å². The van der Waals surface area contributed by atoms with E-state index in [0.29, 0.717) is 5.75 Å². The molecule has 3 aromatic carbocycles. The van der Waals surface area contributed by atoms with E-state index in [1.165, 1.54) is 38.4 Å². The van der Waals surface area contributed by atoms with Crippen LogP contribution >= 0.6 is 15.9 Å². The van der Waals surface area contributed by atoms with Crippen molar-refractivity contribution in [3.63, 3.8) is 0 Å². The van der Waals surface area contributed by atoms with Gasteiger partial charge in [0.15, 0.2) is 0 Å². The number of halogens is 1. The Morgan fingerprint density at radius 3 is 2.44 bits per heavy atom.